The van der Waals surface area contributed by atoms with E-state index >= 15 is 0 Å². The average molecular weight is 395 g/mol. The molecule has 0 radical (unpaired) electrons. The van der Waals surface area contributed by atoms with E-state index in [2.05, 4.69) is 20.4 Å². The first kappa shape index (κ1) is 18.6. The fourth-order valence-corrected chi connectivity index (χ4v) is 3.85. The van der Waals surface area contributed by atoms with Crippen LogP contribution in [0.3, 0.4) is 0 Å². The Morgan fingerprint density at radius 2 is 2.14 bits per heavy atom. The standard InChI is InChI=1S/C21H22N4O2S/c1-28-17-7-2-6-16(13-17)22-21(26)15-5-3-11-25(14-15)20-10-9-18(23-24-20)19-8-4-12-27-19/h2,4,6-10,12-13,15H,3,5,11,14H2,1H3,(H,22,26). The van der Waals surface area contributed by atoms with E-state index in [9.17, 15) is 4.79 Å². The van der Waals surface area contributed by atoms with Gasteiger partial charge in [-0.15, -0.1) is 22.0 Å². The van der Waals surface area contributed by atoms with Crippen LogP contribution in [0.5, 0.6) is 0 Å². The van der Waals surface area contributed by atoms with E-state index in [1.54, 1.807) is 18.0 Å². The molecule has 0 bridgehead atoms. The van der Waals surface area contributed by atoms with E-state index in [-0.39, 0.29) is 11.8 Å². The molecule has 3 heterocycles. The molecule has 1 unspecified atom stereocenters. The van der Waals surface area contributed by atoms with Crippen LogP contribution >= 0.6 is 11.8 Å². The SMILES string of the molecule is CSc1cccc(NC(=O)C2CCCN(c3ccc(-c4ccco4)nn3)C2)c1. The number of anilines is 2. The van der Waals surface area contributed by atoms with Gasteiger partial charge in [0.25, 0.3) is 0 Å². The molecule has 3 aromatic rings. The summed E-state index contributed by atoms with van der Waals surface area (Å²) in [6.45, 7) is 1.52. The number of hydrogen-bond donors (Lipinski definition) is 1. The van der Waals surface area contributed by atoms with E-state index < -0.39 is 0 Å². The molecule has 28 heavy (non-hydrogen) atoms. The number of carbonyl (C=O) groups excluding carboxylic acids is 1. The molecule has 1 N–H and O–H groups in total. The highest BCUT2D eigenvalue weighted by molar-refractivity contribution is 7.98. The number of piperidine rings is 1. The molecule has 1 aromatic carbocycles. The summed E-state index contributed by atoms with van der Waals surface area (Å²) in [6, 6.07) is 15.5. The summed E-state index contributed by atoms with van der Waals surface area (Å²) in [5, 5.41) is 11.7. The monoisotopic (exact) mass is 394 g/mol. The first-order valence-electron chi connectivity index (χ1n) is 9.30. The fourth-order valence-electron chi connectivity index (χ4n) is 3.39. The van der Waals surface area contributed by atoms with Crippen molar-refractivity contribution in [3.8, 4) is 11.5 Å². The zero-order valence-corrected chi connectivity index (χ0v) is 16.5. The van der Waals surface area contributed by atoms with Gasteiger partial charge in [-0.25, -0.2) is 0 Å². The van der Waals surface area contributed by atoms with Crippen LogP contribution in [0, 0.1) is 5.92 Å². The van der Waals surface area contributed by atoms with Gasteiger partial charge in [-0.1, -0.05) is 6.07 Å². The second kappa shape index (κ2) is 8.48. The minimum Gasteiger partial charge on any atom is -0.463 e. The Hall–Kier alpha value is -2.80. The first-order chi connectivity index (χ1) is 13.7. The Balaban J connectivity index is 1.41. The average Bonchev–Trinajstić information content (AvgIpc) is 3.29. The minimum absolute atomic E-state index is 0.0584. The van der Waals surface area contributed by atoms with Crippen LogP contribution in [-0.2, 0) is 4.79 Å². The molecular formula is C21H22N4O2S. The largest absolute Gasteiger partial charge is 0.463 e. The van der Waals surface area contributed by atoms with E-state index in [1.807, 2.05) is 54.8 Å². The number of benzene rings is 1. The van der Waals surface area contributed by atoms with Crippen molar-refractivity contribution in [3.05, 3.63) is 54.8 Å². The van der Waals surface area contributed by atoms with Gasteiger partial charge in [-0.05, 0) is 61.6 Å². The van der Waals surface area contributed by atoms with Gasteiger partial charge >= 0.3 is 0 Å². The molecule has 144 valence electrons. The second-order valence-electron chi connectivity index (χ2n) is 6.76. The van der Waals surface area contributed by atoms with Crippen molar-refractivity contribution < 1.29 is 9.21 Å². The highest BCUT2D eigenvalue weighted by Crippen LogP contribution is 2.25. The number of rotatable bonds is 5. The number of hydrogen-bond acceptors (Lipinski definition) is 6. The molecule has 2 aromatic heterocycles. The highest BCUT2D eigenvalue weighted by atomic mass is 32.2. The summed E-state index contributed by atoms with van der Waals surface area (Å²) in [5.74, 6) is 1.47. The molecule has 6 nitrogen and oxygen atoms in total. The van der Waals surface area contributed by atoms with E-state index in [0.29, 0.717) is 18.0 Å². The molecule has 1 aliphatic rings. The lowest BCUT2D eigenvalue weighted by Gasteiger charge is -2.32. The zero-order chi connectivity index (χ0) is 19.3. The van der Waals surface area contributed by atoms with Crippen LogP contribution in [0.1, 0.15) is 12.8 Å². The van der Waals surface area contributed by atoms with Gasteiger partial charge < -0.3 is 14.6 Å². The van der Waals surface area contributed by atoms with Crippen molar-refractivity contribution in [1.82, 2.24) is 10.2 Å². The summed E-state index contributed by atoms with van der Waals surface area (Å²) >= 11 is 1.66. The van der Waals surface area contributed by atoms with Gasteiger partial charge in [-0.2, -0.15) is 0 Å². The molecule has 1 atom stereocenters. The van der Waals surface area contributed by atoms with Gasteiger partial charge in [0.05, 0.1) is 12.2 Å². The maximum atomic E-state index is 12.8. The molecule has 0 saturated carbocycles. The number of aromatic nitrogens is 2. The van der Waals surface area contributed by atoms with Crippen molar-refractivity contribution in [1.29, 1.82) is 0 Å². The van der Waals surface area contributed by atoms with E-state index in [4.69, 9.17) is 4.42 Å². The summed E-state index contributed by atoms with van der Waals surface area (Å²) in [7, 11) is 0. The van der Waals surface area contributed by atoms with Gasteiger partial charge in [0, 0.05) is 23.7 Å². The molecular weight excluding hydrogens is 372 g/mol. The third-order valence-corrected chi connectivity index (χ3v) is 5.60. The van der Waals surface area contributed by atoms with Crippen LogP contribution in [0.25, 0.3) is 11.5 Å². The summed E-state index contributed by atoms with van der Waals surface area (Å²) in [4.78, 5) is 16.0. The maximum Gasteiger partial charge on any atom is 0.229 e. The minimum atomic E-state index is -0.0711. The number of carbonyl (C=O) groups is 1. The van der Waals surface area contributed by atoms with Crippen molar-refractivity contribution in [2.45, 2.75) is 17.7 Å². The molecule has 4 rings (SSSR count). The topological polar surface area (TPSA) is 71.3 Å². The molecule has 0 spiro atoms. The quantitative estimate of drug-likeness (QED) is 0.650. The van der Waals surface area contributed by atoms with Crippen LogP contribution < -0.4 is 10.2 Å². The smallest absolute Gasteiger partial charge is 0.229 e. The summed E-state index contributed by atoms with van der Waals surface area (Å²) in [5.41, 5.74) is 1.55. The lowest BCUT2D eigenvalue weighted by molar-refractivity contribution is -0.120. The Labute approximate surface area is 168 Å². The number of amides is 1. The predicted molar refractivity (Wildman–Crippen MR) is 112 cm³/mol. The number of nitrogens with one attached hydrogen (secondary N) is 1. The third kappa shape index (κ3) is 4.20. The van der Waals surface area contributed by atoms with Crippen LogP contribution in [0.15, 0.2) is 64.1 Å². The number of furan rings is 1. The molecule has 1 amide bonds. The summed E-state index contributed by atoms with van der Waals surface area (Å²) < 4.78 is 5.36. The Morgan fingerprint density at radius 1 is 1.21 bits per heavy atom. The van der Waals surface area contributed by atoms with Gasteiger partial charge in [0.15, 0.2) is 11.6 Å². The van der Waals surface area contributed by atoms with Crippen molar-refractivity contribution in [2.75, 3.05) is 29.6 Å². The van der Waals surface area contributed by atoms with Crippen molar-refractivity contribution >= 4 is 29.2 Å². The van der Waals surface area contributed by atoms with Crippen LogP contribution in [0.2, 0.25) is 0 Å². The Morgan fingerprint density at radius 3 is 2.89 bits per heavy atom. The van der Waals surface area contributed by atoms with Crippen LogP contribution in [-0.4, -0.2) is 35.4 Å². The number of thioether (sulfide) groups is 1. The lowest BCUT2D eigenvalue weighted by Crippen LogP contribution is -2.41. The molecule has 1 aliphatic heterocycles. The third-order valence-electron chi connectivity index (χ3n) is 4.88. The number of nitrogens with zero attached hydrogens (tertiary/aromatic N) is 3. The van der Waals surface area contributed by atoms with Crippen molar-refractivity contribution in [3.63, 3.8) is 0 Å². The Kier molecular flexibility index (Phi) is 5.62. The van der Waals surface area contributed by atoms with E-state index in [0.717, 1.165) is 35.8 Å². The van der Waals surface area contributed by atoms with Gasteiger partial charge in [0.1, 0.15) is 5.69 Å². The molecule has 0 aliphatic carbocycles. The van der Waals surface area contributed by atoms with Crippen molar-refractivity contribution in [2.24, 2.45) is 5.92 Å². The van der Waals surface area contributed by atoms with Gasteiger partial charge in [0.2, 0.25) is 5.91 Å². The summed E-state index contributed by atoms with van der Waals surface area (Å²) in [6.07, 6.45) is 5.47. The predicted octanol–water partition coefficient (Wildman–Crippen LogP) is 4.31. The van der Waals surface area contributed by atoms with E-state index in [1.165, 1.54) is 0 Å². The molecule has 1 fully saturated rings. The maximum absolute atomic E-state index is 12.8. The normalized spacial score (nSPS) is 16.8. The first-order valence-corrected chi connectivity index (χ1v) is 10.5. The molecule has 7 heteroatoms. The Bertz CT molecular complexity index is 928. The zero-order valence-electron chi connectivity index (χ0n) is 15.7. The van der Waals surface area contributed by atoms with Crippen LogP contribution in [0.4, 0.5) is 11.5 Å². The molecule has 1 saturated heterocycles. The van der Waals surface area contributed by atoms with Gasteiger partial charge in [-0.3, -0.25) is 4.79 Å². The second-order valence-corrected chi connectivity index (χ2v) is 7.64. The fraction of sp³-hybridized carbons (Fsp3) is 0.286. The highest BCUT2D eigenvalue weighted by Gasteiger charge is 2.27. The lowest BCUT2D eigenvalue weighted by atomic mass is 9.97.